The van der Waals surface area contributed by atoms with E-state index in [0.717, 1.165) is 17.8 Å². The van der Waals surface area contributed by atoms with Crippen LogP contribution in [0.4, 0.5) is 26.0 Å². The van der Waals surface area contributed by atoms with Crippen molar-refractivity contribution in [3.05, 3.63) is 71.9 Å². The second kappa shape index (κ2) is 7.56. The molecule has 2 aromatic carbocycles. The summed E-state index contributed by atoms with van der Waals surface area (Å²) in [5, 5.41) is 13.2. The van der Waals surface area contributed by atoms with Crippen molar-refractivity contribution in [2.75, 3.05) is 17.7 Å². The van der Waals surface area contributed by atoms with Gasteiger partial charge in [-0.15, -0.1) is 10.2 Å². The molecular formula is C18H14F2N4O2. The monoisotopic (exact) mass is 356 g/mol. The van der Waals surface area contributed by atoms with Crippen LogP contribution in [0, 0.1) is 11.6 Å². The van der Waals surface area contributed by atoms with Gasteiger partial charge >= 0.3 is 0 Å². The molecule has 132 valence electrons. The van der Waals surface area contributed by atoms with Gasteiger partial charge in [0.15, 0.2) is 23.1 Å². The highest BCUT2D eigenvalue weighted by Crippen LogP contribution is 2.20. The molecule has 0 fully saturated rings. The number of nitrogens with zero attached hydrogens (tertiary/aromatic N) is 2. The first kappa shape index (κ1) is 17.3. The van der Waals surface area contributed by atoms with Gasteiger partial charge < -0.3 is 15.4 Å². The molecule has 0 saturated carbocycles. The Morgan fingerprint density at radius 1 is 0.962 bits per heavy atom. The maximum absolute atomic E-state index is 13.2. The third-order valence-electron chi connectivity index (χ3n) is 3.42. The number of halogens is 2. The van der Waals surface area contributed by atoms with Gasteiger partial charge in [0.1, 0.15) is 5.75 Å². The van der Waals surface area contributed by atoms with Gasteiger partial charge in [-0.1, -0.05) is 6.07 Å². The van der Waals surface area contributed by atoms with Gasteiger partial charge in [0.2, 0.25) is 0 Å². The Labute approximate surface area is 147 Å². The van der Waals surface area contributed by atoms with Crippen molar-refractivity contribution in [3.8, 4) is 5.75 Å². The SMILES string of the molecule is COc1cccc(Nc2ccc(C(=O)Nc3ccc(F)c(F)c3)nn2)c1. The summed E-state index contributed by atoms with van der Waals surface area (Å²) in [6.45, 7) is 0. The second-order valence-electron chi connectivity index (χ2n) is 5.24. The van der Waals surface area contributed by atoms with Crippen molar-refractivity contribution in [1.82, 2.24) is 10.2 Å². The zero-order valence-electron chi connectivity index (χ0n) is 13.7. The van der Waals surface area contributed by atoms with Crippen LogP contribution >= 0.6 is 0 Å². The normalized spacial score (nSPS) is 10.3. The number of ether oxygens (including phenoxy) is 1. The lowest BCUT2D eigenvalue weighted by molar-refractivity contribution is 0.102. The van der Waals surface area contributed by atoms with E-state index in [0.29, 0.717) is 11.6 Å². The van der Waals surface area contributed by atoms with E-state index >= 15 is 0 Å². The van der Waals surface area contributed by atoms with Crippen LogP contribution in [0.5, 0.6) is 5.75 Å². The fourth-order valence-corrected chi connectivity index (χ4v) is 2.14. The smallest absolute Gasteiger partial charge is 0.276 e. The third-order valence-corrected chi connectivity index (χ3v) is 3.42. The fourth-order valence-electron chi connectivity index (χ4n) is 2.14. The van der Waals surface area contributed by atoms with Crippen LogP contribution in [0.2, 0.25) is 0 Å². The summed E-state index contributed by atoms with van der Waals surface area (Å²) in [6.07, 6.45) is 0. The summed E-state index contributed by atoms with van der Waals surface area (Å²) in [6, 6.07) is 13.3. The van der Waals surface area contributed by atoms with Crippen molar-refractivity contribution < 1.29 is 18.3 Å². The topological polar surface area (TPSA) is 76.1 Å². The lowest BCUT2D eigenvalue weighted by atomic mass is 10.2. The van der Waals surface area contributed by atoms with Crippen LogP contribution in [-0.4, -0.2) is 23.2 Å². The molecular weight excluding hydrogens is 342 g/mol. The molecule has 0 spiro atoms. The Hall–Kier alpha value is -3.55. The number of rotatable bonds is 5. The van der Waals surface area contributed by atoms with Crippen LogP contribution in [0.25, 0.3) is 0 Å². The first-order valence-corrected chi connectivity index (χ1v) is 7.56. The largest absolute Gasteiger partial charge is 0.497 e. The highest BCUT2D eigenvalue weighted by atomic mass is 19.2. The van der Waals surface area contributed by atoms with Crippen molar-refractivity contribution in [3.63, 3.8) is 0 Å². The zero-order chi connectivity index (χ0) is 18.5. The number of hydrogen-bond acceptors (Lipinski definition) is 5. The zero-order valence-corrected chi connectivity index (χ0v) is 13.7. The molecule has 0 aliphatic carbocycles. The number of aromatic nitrogens is 2. The molecule has 0 bridgehead atoms. The molecule has 6 nitrogen and oxygen atoms in total. The number of methoxy groups -OCH3 is 1. The van der Waals surface area contributed by atoms with E-state index in [1.807, 2.05) is 18.2 Å². The lowest BCUT2D eigenvalue weighted by Gasteiger charge is -2.08. The van der Waals surface area contributed by atoms with E-state index in [9.17, 15) is 13.6 Å². The van der Waals surface area contributed by atoms with Crippen LogP contribution in [0.1, 0.15) is 10.5 Å². The van der Waals surface area contributed by atoms with Gasteiger partial charge in [-0.3, -0.25) is 4.79 Å². The maximum atomic E-state index is 13.2. The van der Waals surface area contributed by atoms with Gasteiger partial charge in [0.05, 0.1) is 7.11 Å². The van der Waals surface area contributed by atoms with Gasteiger partial charge in [0.25, 0.3) is 5.91 Å². The van der Waals surface area contributed by atoms with Crippen LogP contribution < -0.4 is 15.4 Å². The van der Waals surface area contributed by atoms with E-state index in [1.54, 1.807) is 19.2 Å². The standard InChI is InChI=1S/C18H14F2N4O2/c1-26-13-4-2-3-11(9-13)21-17-8-7-16(23-24-17)18(25)22-12-5-6-14(19)15(20)10-12/h2-10H,1H3,(H,21,24)(H,22,25). The third kappa shape index (κ3) is 4.10. The number of anilines is 3. The fraction of sp³-hybridized carbons (Fsp3) is 0.0556. The summed E-state index contributed by atoms with van der Waals surface area (Å²) in [7, 11) is 1.57. The summed E-state index contributed by atoms with van der Waals surface area (Å²) in [4.78, 5) is 12.1. The Kier molecular flexibility index (Phi) is 5.02. The molecule has 3 aromatic rings. The summed E-state index contributed by atoms with van der Waals surface area (Å²) >= 11 is 0. The van der Waals surface area contributed by atoms with E-state index < -0.39 is 17.5 Å². The van der Waals surface area contributed by atoms with E-state index in [1.165, 1.54) is 12.1 Å². The molecule has 1 amide bonds. The van der Waals surface area contributed by atoms with Crippen molar-refractivity contribution in [2.24, 2.45) is 0 Å². The molecule has 2 N–H and O–H groups in total. The number of carbonyl (C=O) groups is 1. The first-order valence-electron chi connectivity index (χ1n) is 7.56. The summed E-state index contributed by atoms with van der Waals surface area (Å²) in [5.41, 5.74) is 0.901. The predicted molar refractivity (Wildman–Crippen MR) is 92.6 cm³/mol. The minimum atomic E-state index is -1.05. The molecule has 3 rings (SSSR count). The summed E-state index contributed by atoms with van der Waals surface area (Å²) in [5.74, 6) is -1.51. The molecule has 26 heavy (non-hydrogen) atoms. The number of amides is 1. The summed E-state index contributed by atoms with van der Waals surface area (Å²) < 4.78 is 31.2. The molecule has 0 radical (unpaired) electrons. The minimum absolute atomic E-state index is 0.0333. The maximum Gasteiger partial charge on any atom is 0.276 e. The van der Waals surface area contributed by atoms with Crippen molar-refractivity contribution >= 4 is 23.1 Å². The van der Waals surface area contributed by atoms with Gasteiger partial charge in [-0.2, -0.15) is 0 Å². The average Bonchev–Trinajstić information content (AvgIpc) is 2.65. The first-order chi connectivity index (χ1) is 12.5. The Balaban J connectivity index is 1.68. The number of hydrogen-bond donors (Lipinski definition) is 2. The number of carbonyl (C=O) groups excluding carboxylic acids is 1. The molecule has 0 aliphatic heterocycles. The number of nitrogens with one attached hydrogen (secondary N) is 2. The lowest BCUT2D eigenvalue weighted by Crippen LogP contribution is -2.14. The van der Waals surface area contributed by atoms with E-state index in [2.05, 4.69) is 20.8 Å². The molecule has 0 unspecified atom stereocenters. The van der Waals surface area contributed by atoms with Crippen molar-refractivity contribution in [1.29, 1.82) is 0 Å². The highest BCUT2D eigenvalue weighted by molar-refractivity contribution is 6.02. The van der Waals surface area contributed by atoms with E-state index in [-0.39, 0.29) is 11.4 Å². The highest BCUT2D eigenvalue weighted by Gasteiger charge is 2.11. The van der Waals surface area contributed by atoms with Gasteiger partial charge in [0, 0.05) is 23.5 Å². The van der Waals surface area contributed by atoms with E-state index in [4.69, 9.17) is 4.74 Å². The molecule has 1 aromatic heterocycles. The molecule has 0 aliphatic rings. The van der Waals surface area contributed by atoms with Gasteiger partial charge in [-0.25, -0.2) is 8.78 Å². The number of benzene rings is 2. The molecule has 1 heterocycles. The predicted octanol–water partition coefficient (Wildman–Crippen LogP) is 3.76. The Morgan fingerprint density at radius 2 is 1.81 bits per heavy atom. The quantitative estimate of drug-likeness (QED) is 0.728. The Bertz CT molecular complexity index is 933. The van der Waals surface area contributed by atoms with Crippen LogP contribution in [-0.2, 0) is 0 Å². The average molecular weight is 356 g/mol. The van der Waals surface area contributed by atoms with Crippen molar-refractivity contribution in [2.45, 2.75) is 0 Å². The van der Waals surface area contributed by atoms with Crippen LogP contribution in [0.15, 0.2) is 54.6 Å². The molecule has 8 heteroatoms. The van der Waals surface area contributed by atoms with Crippen LogP contribution in [0.3, 0.4) is 0 Å². The molecule has 0 atom stereocenters. The van der Waals surface area contributed by atoms with Gasteiger partial charge in [-0.05, 0) is 36.4 Å². The minimum Gasteiger partial charge on any atom is -0.497 e. The Morgan fingerprint density at radius 3 is 2.50 bits per heavy atom. The molecule has 0 saturated heterocycles. The second-order valence-corrected chi connectivity index (χ2v) is 5.24.